The molecule has 0 spiro atoms. The zero-order valence-corrected chi connectivity index (χ0v) is 16.6. The summed E-state index contributed by atoms with van der Waals surface area (Å²) in [7, 11) is 1.62. The second kappa shape index (κ2) is 9.83. The molecule has 3 rings (SSSR count). The fourth-order valence-corrected chi connectivity index (χ4v) is 3.22. The molecule has 0 aromatic heterocycles. The average molecular weight is 380 g/mol. The maximum atomic E-state index is 12.5. The lowest BCUT2D eigenvalue weighted by molar-refractivity contribution is -0.126. The minimum absolute atomic E-state index is 0.0398. The number of nitrogens with zero attached hydrogens (tertiary/aromatic N) is 2. The smallest absolute Gasteiger partial charge is 0.246 e. The summed E-state index contributed by atoms with van der Waals surface area (Å²) in [6.45, 7) is 5.87. The number of methoxy groups -OCH3 is 1. The fourth-order valence-electron chi connectivity index (χ4n) is 3.22. The summed E-state index contributed by atoms with van der Waals surface area (Å²) in [5.41, 5.74) is 2.12. The standard InChI is InChI=1S/C23H28N2O3/c1-3-17-28-21-11-9-19(18-22(21)27-2)10-12-23(26)25-15-13-24(14-16-25)20-7-5-4-6-8-20/h4-12,18H,3,13-17H2,1-2H3/b12-10+. The number of amides is 1. The van der Waals surface area contributed by atoms with E-state index in [0.29, 0.717) is 12.4 Å². The van der Waals surface area contributed by atoms with Crippen LogP contribution in [0, 0.1) is 0 Å². The topological polar surface area (TPSA) is 42.0 Å². The summed E-state index contributed by atoms with van der Waals surface area (Å²) in [4.78, 5) is 16.7. The Balaban J connectivity index is 1.57. The Labute approximate surface area is 167 Å². The summed E-state index contributed by atoms with van der Waals surface area (Å²) in [5.74, 6) is 1.45. The Morgan fingerprint density at radius 2 is 1.79 bits per heavy atom. The molecule has 0 saturated carbocycles. The van der Waals surface area contributed by atoms with Gasteiger partial charge in [0.15, 0.2) is 11.5 Å². The van der Waals surface area contributed by atoms with Crippen LogP contribution < -0.4 is 14.4 Å². The van der Waals surface area contributed by atoms with Gasteiger partial charge in [0.2, 0.25) is 5.91 Å². The van der Waals surface area contributed by atoms with Gasteiger partial charge >= 0.3 is 0 Å². The molecule has 1 aliphatic rings. The highest BCUT2D eigenvalue weighted by atomic mass is 16.5. The van der Waals surface area contributed by atoms with Gasteiger partial charge < -0.3 is 19.3 Å². The molecular formula is C23H28N2O3. The summed E-state index contributed by atoms with van der Waals surface area (Å²) in [6, 6.07) is 16.0. The van der Waals surface area contributed by atoms with Gasteiger partial charge in [-0.3, -0.25) is 4.79 Å². The van der Waals surface area contributed by atoms with Crippen molar-refractivity contribution in [2.75, 3.05) is 44.8 Å². The number of ether oxygens (including phenoxy) is 2. The zero-order valence-electron chi connectivity index (χ0n) is 16.6. The maximum Gasteiger partial charge on any atom is 0.246 e. The van der Waals surface area contributed by atoms with Crippen molar-refractivity contribution in [1.82, 2.24) is 4.90 Å². The molecule has 0 unspecified atom stereocenters. The highest BCUT2D eigenvalue weighted by Crippen LogP contribution is 2.28. The highest BCUT2D eigenvalue weighted by Gasteiger charge is 2.19. The van der Waals surface area contributed by atoms with E-state index >= 15 is 0 Å². The Bertz CT molecular complexity index is 797. The van der Waals surface area contributed by atoms with E-state index in [0.717, 1.165) is 43.9 Å². The van der Waals surface area contributed by atoms with Crippen molar-refractivity contribution < 1.29 is 14.3 Å². The van der Waals surface area contributed by atoms with Crippen molar-refractivity contribution >= 4 is 17.7 Å². The summed E-state index contributed by atoms with van der Waals surface area (Å²) in [6.07, 6.45) is 4.41. The van der Waals surface area contributed by atoms with Gasteiger partial charge in [-0.05, 0) is 42.3 Å². The minimum atomic E-state index is 0.0398. The van der Waals surface area contributed by atoms with Gasteiger partial charge in [0.25, 0.3) is 0 Å². The predicted molar refractivity (Wildman–Crippen MR) is 113 cm³/mol. The molecular weight excluding hydrogens is 352 g/mol. The molecule has 0 atom stereocenters. The Hall–Kier alpha value is -2.95. The molecule has 0 bridgehead atoms. The Kier molecular flexibility index (Phi) is 6.95. The summed E-state index contributed by atoms with van der Waals surface area (Å²) < 4.78 is 11.1. The number of hydrogen-bond donors (Lipinski definition) is 0. The predicted octanol–water partition coefficient (Wildman–Crippen LogP) is 3.85. The number of para-hydroxylation sites is 1. The number of rotatable bonds is 7. The van der Waals surface area contributed by atoms with E-state index in [-0.39, 0.29) is 5.91 Å². The SMILES string of the molecule is CCCOc1ccc(/C=C/C(=O)N2CCN(c3ccccc3)CC2)cc1OC. The van der Waals surface area contributed by atoms with E-state index in [9.17, 15) is 4.79 Å². The molecule has 1 fully saturated rings. The van der Waals surface area contributed by atoms with E-state index in [1.807, 2.05) is 47.4 Å². The largest absolute Gasteiger partial charge is 0.493 e. The number of piperazine rings is 1. The third-order valence-corrected chi connectivity index (χ3v) is 4.78. The van der Waals surface area contributed by atoms with E-state index < -0.39 is 0 Å². The van der Waals surface area contributed by atoms with Crippen LogP contribution in [-0.4, -0.2) is 50.7 Å². The quantitative estimate of drug-likeness (QED) is 0.685. The lowest BCUT2D eigenvalue weighted by Gasteiger charge is -2.35. The Morgan fingerprint density at radius 3 is 2.46 bits per heavy atom. The van der Waals surface area contributed by atoms with Gasteiger partial charge in [0.05, 0.1) is 13.7 Å². The van der Waals surface area contributed by atoms with Crippen LogP contribution in [-0.2, 0) is 4.79 Å². The van der Waals surface area contributed by atoms with E-state index in [1.54, 1.807) is 13.2 Å². The molecule has 2 aromatic rings. The van der Waals surface area contributed by atoms with Crippen LogP contribution >= 0.6 is 0 Å². The number of hydrogen-bond acceptors (Lipinski definition) is 4. The van der Waals surface area contributed by atoms with E-state index in [1.165, 1.54) is 5.69 Å². The first-order valence-corrected chi connectivity index (χ1v) is 9.79. The van der Waals surface area contributed by atoms with Crippen molar-refractivity contribution in [3.63, 3.8) is 0 Å². The number of anilines is 1. The maximum absolute atomic E-state index is 12.5. The van der Waals surface area contributed by atoms with Crippen molar-refractivity contribution in [2.45, 2.75) is 13.3 Å². The molecule has 2 aromatic carbocycles. The Morgan fingerprint density at radius 1 is 1.04 bits per heavy atom. The van der Waals surface area contributed by atoms with Gasteiger partial charge in [-0.1, -0.05) is 31.2 Å². The molecule has 28 heavy (non-hydrogen) atoms. The van der Waals surface area contributed by atoms with Crippen LogP contribution in [0.15, 0.2) is 54.6 Å². The van der Waals surface area contributed by atoms with Gasteiger partial charge in [-0.2, -0.15) is 0 Å². The van der Waals surface area contributed by atoms with E-state index in [2.05, 4.69) is 24.0 Å². The van der Waals surface area contributed by atoms with Gasteiger partial charge in [0, 0.05) is 37.9 Å². The van der Waals surface area contributed by atoms with Crippen molar-refractivity contribution in [3.05, 3.63) is 60.2 Å². The third kappa shape index (κ3) is 5.06. The normalized spacial score (nSPS) is 14.4. The number of benzene rings is 2. The first-order valence-electron chi connectivity index (χ1n) is 9.79. The molecule has 148 valence electrons. The van der Waals surface area contributed by atoms with Crippen molar-refractivity contribution in [3.8, 4) is 11.5 Å². The molecule has 1 aliphatic heterocycles. The van der Waals surface area contributed by atoms with Crippen LogP contribution in [0.5, 0.6) is 11.5 Å². The van der Waals surface area contributed by atoms with Crippen molar-refractivity contribution in [1.29, 1.82) is 0 Å². The van der Waals surface area contributed by atoms with Crippen molar-refractivity contribution in [2.24, 2.45) is 0 Å². The number of carbonyl (C=O) groups excluding carboxylic acids is 1. The molecule has 5 nitrogen and oxygen atoms in total. The highest BCUT2D eigenvalue weighted by molar-refractivity contribution is 5.92. The van der Waals surface area contributed by atoms with E-state index in [4.69, 9.17) is 9.47 Å². The fraction of sp³-hybridized carbons (Fsp3) is 0.348. The first-order chi connectivity index (χ1) is 13.7. The first kappa shape index (κ1) is 19.8. The molecule has 0 aliphatic carbocycles. The monoisotopic (exact) mass is 380 g/mol. The lowest BCUT2D eigenvalue weighted by Crippen LogP contribution is -2.48. The van der Waals surface area contributed by atoms with Crippen LogP contribution in [0.25, 0.3) is 6.08 Å². The second-order valence-electron chi connectivity index (χ2n) is 6.74. The molecule has 0 N–H and O–H groups in total. The van der Waals surface area contributed by atoms with Crippen LogP contribution in [0.4, 0.5) is 5.69 Å². The number of carbonyl (C=O) groups is 1. The molecule has 5 heteroatoms. The van der Waals surface area contributed by atoms with Gasteiger partial charge in [-0.15, -0.1) is 0 Å². The zero-order chi connectivity index (χ0) is 19.8. The summed E-state index contributed by atoms with van der Waals surface area (Å²) >= 11 is 0. The molecule has 1 heterocycles. The minimum Gasteiger partial charge on any atom is -0.493 e. The second-order valence-corrected chi connectivity index (χ2v) is 6.74. The molecule has 1 amide bonds. The van der Waals surface area contributed by atoms with Crippen LogP contribution in [0.2, 0.25) is 0 Å². The average Bonchev–Trinajstić information content (AvgIpc) is 2.77. The van der Waals surface area contributed by atoms with Gasteiger partial charge in [0.1, 0.15) is 0 Å². The third-order valence-electron chi connectivity index (χ3n) is 4.78. The molecule has 0 radical (unpaired) electrons. The van der Waals surface area contributed by atoms with Crippen LogP contribution in [0.1, 0.15) is 18.9 Å². The van der Waals surface area contributed by atoms with Crippen LogP contribution in [0.3, 0.4) is 0 Å². The lowest BCUT2D eigenvalue weighted by atomic mass is 10.1. The summed E-state index contributed by atoms with van der Waals surface area (Å²) in [5, 5.41) is 0. The molecule has 1 saturated heterocycles. The van der Waals surface area contributed by atoms with Gasteiger partial charge in [-0.25, -0.2) is 0 Å².